The summed E-state index contributed by atoms with van der Waals surface area (Å²) >= 11 is 6.10. The fraction of sp³-hybridized carbons (Fsp3) is 0.417. The van der Waals surface area contributed by atoms with Gasteiger partial charge in [-0.3, -0.25) is 9.59 Å². The van der Waals surface area contributed by atoms with Crippen LogP contribution in [-0.2, 0) is 16.1 Å². The zero-order valence-corrected chi connectivity index (χ0v) is 19.9. The largest absolute Gasteiger partial charge is 0.496 e. The Bertz CT molecular complexity index is 897. The number of nitrogens with one attached hydrogen (secondary N) is 1. The van der Waals surface area contributed by atoms with Gasteiger partial charge in [-0.15, -0.1) is 0 Å². The van der Waals surface area contributed by atoms with Crippen molar-refractivity contribution in [1.82, 2.24) is 10.2 Å². The highest BCUT2D eigenvalue weighted by Crippen LogP contribution is 2.27. The topological polar surface area (TPSA) is 77.1 Å². The number of amides is 2. The molecule has 0 saturated heterocycles. The molecule has 0 heterocycles. The zero-order chi connectivity index (χ0) is 23.7. The van der Waals surface area contributed by atoms with Crippen LogP contribution in [0, 0.1) is 5.92 Å². The van der Waals surface area contributed by atoms with Crippen molar-refractivity contribution >= 4 is 23.4 Å². The van der Waals surface area contributed by atoms with E-state index in [0.29, 0.717) is 34.7 Å². The number of rotatable bonds is 11. The van der Waals surface area contributed by atoms with Gasteiger partial charge < -0.3 is 24.4 Å². The predicted molar refractivity (Wildman–Crippen MR) is 124 cm³/mol. The fourth-order valence-electron chi connectivity index (χ4n) is 2.96. The molecule has 2 aromatic rings. The van der Waals surface area contributed by atoms with E-state index < -0.39 is 6.04 Å². The number of carbonyl (C=O) groups is 2. The van der Waals surface area contributed by atoms with Gasteiger partial charge in [-0.2, -0.15) is 0 Å². The molecular weight excluding hydrogens is 432 g/mol. The van der Waals surface area contributed by atoms with Crippen LogP contribution in [0.3, 0.4) is 0 Å². The van der Waals surface area contributed by atoms with Crippen LogP contribution >= 0.6 is 11.6 Å². The zero-order valence-electron chi connectivity index (χ0n) is 19.2. The van der Waals surface area contributed by atoms with Crippen LogP contribution in [0.4, 0.5) is 0 Å². The average Bonchev–Trinajstić information content (AvgIpc) is 2.78. The minimum atomic E-state index is -0.691. The highest BCUT2D eigenvalue weighted by molar-refractivity contribution is 6.30. The van der Waals surface area contributed by atoms with E-state index in [1.807, 2.05) is 26.0 Å². The van der Waals surface area contributed by atoms with Gasteiger partial charge in [0.1, 0.15) is 23.3 Å². The summed E-state index contributed by atoms with van der Waals surface area (Å²) in [6.45, 7) is 6.22. The summed E-state index contributed by atoms with van der Waals surface area (Å²) in [5, 5.41) is 3.45. The van der Waals surface area contributed by atoms with Gasteiger partial charge in [0.05, 0.1) is 14.2 Å². The van der Waals surface area contributed by atoms with Crippen molar-refractivity contribution < 1.29 is 23.8 Å². The second-order valence-electron chi connectivity index (χ2n) is 7.80. The van der Waals surface area contributed by atoms with Gasteiger partial charge in [0.2, 0.25) is 5.91 Å². The number of nitrogens with zero attached hydrogens (tertiary/aromatic N) is 1. The number of hydrogen-bond acceptors (Lipinski definition) is 5. The standard InChI is InChI=1S/C24H31ClN2O5/c1-16(2)13-26-24(29)17(3)27(14-18-7-6-8-19(25)9-18)23(28)15-32-22-11-20(30-4)10-21(12-22)31-5/h6-12,16-17H,13-15H2,1-5H3,(H,26,29). The maximum atomic E-state index is 13.1. The van der Waals surface area contributed by atoms with Crippen LogP contribution in [0.1, 0.15) is 26.3 Å². The highest BCUT2D eigenvalue weighted by Gasteiger charge is 2.26. The molecule has 2 rings (SSSR count). The van der Waals surface area contributed by atoms with Gasteiger partial charge in [0, 0.05) is 36.3 Å². The molecule has 2 aromatic carbocycles. The summed E-state index contributed by atoms with van der Waals surface area (Å²) in [5.41, 5.74) is 0.817. The van der Waals surface area contributed by atoms with Crippen LogP contribution in [0.2, 0.25) is 5.02 Å². The summed E-state index contributed by atoms with van der Waals surface area (Å²) in [6, 6.07) is 11.5. The van der Waals surface area contributed by atoms with E-state index in [9.17, 15) is 9.59 Å². The van der Waals surface area contributed by atoms with Gasteiger partial charge >= 0.3 is 0 Å². The van der Waals surface area contributed by atoms with Crippen LogP contribution in [0.5, 0.6) is 17.2 Å². The Morgan fingerprint density at radius 3 is 2.19 bits per heavy atom. The monoisotopic (exact) mass is 462 g/mol. The van der Waals surface area contributed by atoms with E-state index in [1.165, 1.54) is 19.1 Å². The minimum absolute atomic E-state index is 0.223. The fourth-order valence-corrected chi connectivity index (χ4v) is 3.17. The van der Waals surface area contributed by atoms with Gasteiger partial charge in [-0.05, 0) is 30.5 Å². The van der Waals surface area contributed by atoms with Crippen molar-refractivity contribution in [3.8, 4) is 17.2 Å². The third-order valence-corrected chi connectivity index (χ3v) is 5.02. The third-order valence-electron chi connectivity index (χ3n) is 4.78. The number of carbonyl (C=O) groups excluding carboxylic acids is 2. The van der Waals surface area contributed by atoms with Crippen LogP contribution in [0.25, 0.3) is 0 Å². The van der Waals surface area contributed by atoms with Gasteiger partial charge in [0.15, 0.2) is 6.61 Å². The first kappa shape index (κ1) is 25.3. The predicted octanol–water partition coefficient (Wildman–Crippen LogP) is 3.93. The summed E-state index contributed by atoms with van der Waals surface area (Å²) < 4.78 is 16.2. The lowest BCUT2D eigenvalue weighted by Crippen LogP contribution is -2.49. The van der Waals surface area contributed by atoms with Crippen LogP contribution in [0.15, 0.2) is 42.5 Å². The molecular formula is C24H31ClN2O5. The lowest BCUT2D eigenvalue weighted by molar-refractivity contribution is -0.142. The second-order valence-corrected chi connectivity index (χ2v) is 8.24. The number of ether oxygens (including phenoxy) is 3. The normalized spacial score (nSPS) is 11.6. The first-order valence-electron chi connectivity index (χ1n) is 10.4. The molecule has 0 aliphatic heterocycles. The molecule has 0 aromatic heterocycles. The molecule has 0 saturated carbocycles. The Hall–Kier alpha value is -2.93. The lowest BCUT2D eigenvalue weighted by Gasteiger charge is -2.29. The van der Waals surface area contributed by atoms with Crippen molar-refractivity contribution in [2.75, 3.05) is 27.4 Å². The van der Waals surface area contributed by atoms with Crippen molar-refractivity contribution in [3.05, 3.63) is 53.1 Å². The van der Waals surface area contributed by atoms with E-state index in [0.717, 1.165) is 5.56 Å². The van der Waals surface area contributed by atoms with Crippen molar-refractivity contribution in [2.24, 2.45) is 5.92 Å². The third kappa shape index (κ3) is 7.64. The molecule has 2 amide bonds. The summed E-state index contributed by atoms with van der Waals surface area (Å²) in [5.74, 6) is 1.26. The smallest absolute Gasteiger partial charge is 0.261 e. The van der Waals surface area contributed by atoms with Crippen molar-refractivity contribution in [1.29, 1.82) is 0 Å². The Morgan fingerprint density at radius 2 is 1.62 bits per heavy atom. The molecule has 1 N–H and O–H groups in total. The van der Waals surface area contributed by atoms with Gasteiger partial charge in [-0.25, -0.2) is 0 Å². The number of methoxy groups -OCH3 is 2. The molecule has 7 nitrogen and oxygen atoms in total. The summed E-state index contributed by atoms with van der Waals surface area (Å²) in [7, 11) is 3.07. The first-order chi connectivity index (χ1) is 15.2. The molecule has 0 bridgehead atoms. The quantitative estimate of drug-likeness (QED) is 0.547. The number of hydrogen-bond donors (Lipinski definition) is 1. The van der Waals surface area contributed by atoms with Crippen LogP contribution in [-0.4, -0.2) is 50.1 Å². The molecule has 32 heavy (non-hydrogen) atoms. The van der Waals surface area contributed by atoms with Crippen molar-refractivity contribution in [3.63, 3.8) is 0 Å². The molecule has 0 aliphatic carbocycles. The Morgan fingerprint density at radius 1 is 1.00 bits per heavy atom. The lowest BCUT2D eigenvalue weighted by atomic mass is 10.1. The molecule has 1 unspecified atom stereocenters. The minimum Gasteiger partial charge on any atom is -0.496 e. The first-order valence-corrected chi connectivity index (χ1v) is 10.8. The molecule has 0 aliphatic rings. The Balaban J connectivity index is 2.18. The molecule has 0 fully saturated rings. The molecule has 0 spiro atoms. The number of benzene rings is 2. The van der Waals surface area contributed by atoms with Crippen molar-refractivity contribution in [2.45, 2.75) is 33.4 Å². The number of halogens is 1. The molecule has 174 valence electrons. The SMILES string of the molecule is COc1cc(OC)cc(OCC(=O)N(Cc2cccc(Cl)c2)C(C)C(=O)NCC(C)C)c1. The van der Waals surface area contributed by atoms with E-state index >= 15 is 0 Å². The molecule has 8 heteroatoms. The summed E-state index contributed by atoms with van der Waals surface area (Å²) in [4.78, 5) is 27.3. The highest BCUT2D eigenvalue weighted by atomic mass is 35.5. The maximum absolute atomic E-state index is 13.1. The Kier molecular flexibility index (Phi) is 9.65. The van der Waals surface area contributed by atoms with E-state index in [2.05, 4.69) is 5.32 Å². The summed E-state index contributed by atoms with van der Waals surface area (Å²) in [6.07, 6.45) is 0. The van der Waals surface area contributed by atoms with E-state index in [1.54, 1.807) is 37.3 Å². The molecule has 0 radical (unpaired) electrons. The van der Waals surface area contributed by atoms with Gasteiger partial charge in [0.25, 0.3) is 5.91 Å². The van der Waals surface area contributed by atoms with E-state index in [4.69, 9.17) is 25.8 Å². The molecule has 1 atom stereocenters. The Labute approximate surface area is 194 Å². The van der Waals surface area contributed by atoms with Crippen LogP contribution < -0.4 is 19.5 Å². The van der Waals surface area contributed by atoms with E-state index in [-0.39, 0.29) is 25.0 Å². The average molecular weight is 463 g/mol. The maximum Gasteiger partial charge on any atom is 0.261 e. The van der Waals surface area contributed by atoms with Gasteiger partial charge in [-0.1, -0.05) is 37.6 Å². The second kappa shape index (κ2) is 12.2.